The lowest BCUT2D eigenvalue weighted by Gasteiger charge is -2.32. The third-order valence-electron chi connectivity index (χ3n) is 2.42. The van der Waals surface area contributed by atoms with Crippen LogP contribution in [-0.2, 0) is 4.79 Å². The lowest BCUT2D eigenvalue weighted by molar-refractivity contribution is -0.139. The van der Waals surface area contributed by atoms with Crippen LogP contribution < -0.4 is 16.5 Å². The van der Waals surface area contributed by atoms with Crippen LogP contribution in [0, 0.1) is 5.41 Å². The predicted molar refractivity (Wildman–Crippen MR) is 47.1 cm³/mol. The van der Waals surface area contributed by atoms with E-state index >= 15 is 0 Å². The molecule has 1 unspecified atom stereocenters. The molecule has 0 spiro atoms. The van der Waals surface area contributed by atoms with Crippen LogP contribution in [0.4, 0.5) is 0 Å². The Hall–Kier alpha value is -1.30. The molecule has 1 amide bonds. The Bertz CT molecular complexity index is 241. The quantitative estimate of drug-likeness (QED) is 0.321. The van der Waals surface area contributed by atoms with Crippen LogP contribution in [0.25, 0.3) is 0 Å². The van der Waals surface area contributed by atoms with Crippen molar-refractivity contribution in [1.82, 2.24) is 10.8 Å². The highest BCUT2D eigenvalue weighted by atomic mass is 16.5. The van der Waals surface area contributed by atoms with Gasteiger partial charge in [0.1, 0.15) is 0 Å². The van der Waals surface area contributed by atoms with Gasteiger partial charge in [-0.15, -0.1) is 0 Å². The van der Waals surface area contributed by atoms with E-state index in [1.165, 1.54) is 0 Å². The topological polar surface area (TPSA) is 99.7 Å². The molecule has 0 aromatic heterocycles. The maximum Gasteiger partial charge on any atom is 0.253 e. The molecular formula is C7H14N4O2. The van der Waals surface area contributed by atoms with E-state index in [2.05, 4.69) is 10.3 Å². The summed E-state index contributed by atoms with van der Waals surface area (Å²) in [5.74, 6) is -0.0754. The van der Waals surface area contributed by atoms with Gasteiger partial charge in [0.25, 0.3) is 5.91 Å². The number of nitrogens with one attached hydrogen (secondary N) is 2. The lowest BCUT2D eigenvalue weighted by Crippen LogP contribution is -2.54. The molecule has 1 aliphatic rings. The molecule has 1 atom stereocenters. The molecule has 1 aliphatic heterocycles. The van der Waals surface area contributed by atoms with Gasteiger partial charge in [-0.05, 0) is 6.42 Å². The first-order valence-electron chi connectivity index (χ1n) is 4.13. The third kappa shape index (κ3) is 1.72. The fourth-order valence-electron chi connectivity index (χ4n) is 1.28. The molecule has 0 radical (unpaired) electrons. The minimum absolute atomic E-state index is 0.314. The normalized spacial score (nSPS) is 27.4. The number of hydroxylamine groups is 1. The molecule has 0 aliphatic carbocycles. The zero-order chi connectivity index (χ0) is 9.90. The molecule has 1 heterocycles. The molecule has 5 N–H and O–H groups in total. The minimum Gasteiger partial charge on any atom is -0.370 e. The van der Waals surface area contributed by atoms with Gasteiger partial charge in [0.15, 0.2) is 5.96 Å². The summed E-state index contributed by atoms with van der Waals surface area (Å²) in [5, 5.41) is 11.3. The monoisotopic (exact) mass is 186 g/mol. The average molecular weight is 186 g/mol. The van der Waals surface area contributed by atoms with E-state index in [1.807, 2.05) is 6.92 Å². The van der Waals surface area contributed by atoms with Crippen LogP contribution in [0.3, 0.4) is 0 Å². The zero-order valence-corrected chi connectivity index (χ0v) is 7.50. The van der Waals surface area contributed by atoms with Gasteiger partial charge in [-0.2, -0.15) is 0 Å². The molecule has 13 heavy (non-hydrogen) atoms. The van der Waals surface area contributed by atoms with E-state index in [0.717, 1.165) is 0 Å². The minimum atomic E-state index is -0.669. The summed E-state index contributed by atoms with van der Waals surface area (Å²) in [7, 11) is 0. The summed E-state index contributed by atoms with van der Waals surface area (Å²) in [6.07, 6.45) is 0.600. The van der Waals surface area contributed by atoms with Crippen LogP contribution in [0.5, 0.6) is 0 Å². The molecule has 74 valence electrons. The van der Waals surface area contributed by atoms with E-state index < -0.39 is 11.3 Å². The standard InChI is InChI=1S/C7H14N4O2/c1-2-7(5(12)11-13)3-9-6(8)10-4-7/h13H,2-4H2,1H3,(H,11,12)(H3,8,9,10). The van der Waals surface area contributed by atoms with Crippen LogP contribution >= 0.6 is 0 Å². The summed E-state index contributed by atoms with van der Waals surface area (Å²) < 4.78 is 0. The number of rotatable bonds is 2. The third-order valence-corrected chi connectivity index (χ3v) is 2.42. The van der Waals surface area contributed by atoms with Gasteiger partial charge >= 0.3 is 0 Å². The lowest BCUT2D eigenvalue weighted by atomic mass is 9.83. The summed E-state index contributed by atoms with van der Waals surface area (Å²) in [4.78, 5) is 15.3. The number of carbonyl (C=O) groups is 1. The summed E-state index contributed by atoms with van der Waals surface area (Å²) >= 11 is 0. The highest BCUT2D eigenvalue weighted by Crippen LogP contribution is 2.23. The summed E-state index contributed by atoms with van der Waals surface area (Å²) in [5.41, 5.74) is 6.38. The van der Waals surface area contributed by atoms with Crippen molar-refractivity contribution in [2.24, 2.45) is 16.1 Å². The number of guanidine groups is 1. The smallest absolute Gasteiger partial charge is 0.253 e. The van der Waals surface area contributed by atoms with E-state index in [-0.39, 0.29) is 0 Å². The van der Waals surface area contributed by atoms with Crippen LogP contribution in [0.1, 0.15) is 13.3 Å². The SMILES string of the molecule is CCC1(C(=O)NO)CN=C(N)NC1. The van der Waals surface area contributed by atoms with Crippen molar-refractivity contribution >= 4 is 11.9 Å². The second-order valence-corrected chi connectivity index (χ2v) is 3.13. The molecular weight excluding hydrogens is 172 g/mol. The first-order valence-corrected chi connectivity index (χ1v) is 4.13. The first-order chi connectivity index (χ1) is 6.14. The number of hydrogen-bond acceptors (Lipinski definition) is 5. The van der Waals surface area contributed by atoms with E-state index in [1.54, 1.807) is 5.48 Å². The molecule has 0 saturated heterocycles. The highest BCUT2D eigenvalue weighted by Gasteiger charge is 2.38. The first kappa shape index (κ1) is 9.79. The van der Waals surface area contributed by atoms with Gasteiger partial charge in [-0.25, -0.2) is 5.48 Å². The molecule has 0 saturated carbocycles. The molecule has 0 aromatic carbocycles. The Morgan fingerprint density at radius 1 is 1.92 bits per heavy atom. The maximum atomic E-state index is 11.3. The molecule has 0 bridgehead atoms. The zero-order valence-electron chi connectivity index (χ0n) is 7.50. The Balaban J connectivity index is 2.78. The van der Waals surface area contributed by atoms with E-state index in [0.29, 0.717) is 25.5 Å². The van der Waals surface area contributed by atoms with Crippen molar-refractivity contribution < 1.29 is 10.0 Å². The van der Waals surface area contributed by atoms with Crippen LogP contribution in [0.2, 0.25) is 0 Å². The maximum absolute atomic E-state index is 11.3. The van der Waals surface area contributed by atoms with E-state index in [4.69, 9.17) is 10.9 Å². The molecule has 1 rings (SSSR count). The number of nitrogens with two attached hydrogens (primary N) is 1. The van der Waals surface area contributed by atoms with Gasteiger partial charge in [-0.1, -0.05) is 6.92 Å². The van der Waals surface area contributed by atoms with Crippen molar-refractivity contribution in [3.8, 4) is 0 Å². The van der Waals surface area contributed by atoms with Gasteiger partial charge in [0.05, 0.1) is 12.0 Å². The number of hydrogen-bond donors (Lipinski definition) is 4. The second kappa shape index (κ2) is 3.61. The highest BCUT2D eigenvalue weighted by molar-refractivity contribution is 5.86. The van der Waals surface area contributed by atoms with Gasteiger partial charge in [0, 0.05) is 6.54 Å². The molecule has 0 fully saturated rings. The summed E-state index contributed by atoms with van der Waals surface area (Å²) in [6.45, 7) is 2.59. The second-order valence-electron chi connectivity index (χ2n) is 3.13. The Morgan fingerprint density at radius 3 is 3.00 bits per heavy atom. The van der Waals surface area contributed by atoms with Crippen molar-refractivity contribution in [3.63, 3.8) is 0 Å². The fraction of sp³-hybridized carbons (Fsp3) is 0.714. The van der Waals surface area contributed by atoms with Crippen LogP contribution in [0.15, 0.2) is 4.99 Å². The van der Waals surface area contributed by atoms with Crippen molar-refractivity contribution in [2.45, 2.75) is 13.3 Å². The van der Waals surface area contributed by atoms with Crippen molar-refractivity contribution in [2.75, 3.05) is 13.1 Å². The van der Waals surface area contributed by atoms with Crippen molar-refractivity contribution in [3.05, 3.63) is 0 Å². The number of nitrogens with zero attached hydrogens (tertiary/aromatic N) is 1. The van der Waals surface area contributed by atoms with Gasteiger partial charge < -0.3 is 11.1 Å². The Kier molecular flexibility index (Phi) is 2.72. The molecule has 6 heteroatoms. The molecule has 6 nitrogen and oxygen atoms in total. The van der Waals surface area contributed by atoms with Gasteiger partial charge in [-0.3, -0.25) is 15.0 Å². The summed E-state index contributed by atoms with van der Waals surface area (Å²) in [6, 6.07) is 0. The molecule has 0 aromatic rings. The van der Waals surface area contributed by atoms with E-state index in [9.17, 15) is 4.79 Å². The number of aliphatic imine (C=N–C) groups is 1. The largest absolute Gasteiger partial charge is 0.370 e. The fourth-order valence-corrected chi connectivity index (χ4v) is 1.28. The average Bonchev–Trinajstić information content (AvgIpc) is 2.18. The predicted octanol–water partition coefficient (Wildman–Crippen LogP) is -1.19. The Morgan fingerprint density at radius 2 is 2.62 bits per heavy atom. The number of amides is 1. The van der Waals surface area contributed by atoms with Crippen LogP contribution in [-0.4, -0.2) is 30.2 Å². The van der Waals surface area contributed by atoms with Gasteiger partial charge in [0.2, 0.25) is 0 Å². The number of carbonyl (C=O) groups excluding carboxylic acids is 1. The van der Waals surface area contributed by atoms with Crippen molar-refractivity contribution in [1.29, 1.82) is 0 Å². The Labute approximate surface area is 76.2 Å².